The molecule has 3 aromatic rings. The lowest BCUT2D eigenvalue weighted by molar-refractivity contribution is 0.207. The normalized spacial score (nSPS) is 11.0. The molecule has 0 fully saturated rings. The Hall–Kier alpha value is -3.23. The minimum absolute atomic E-state index is 0.370. The van der Waals surface area contributed by atoms with Crippen LogP contribution in [-0.2, 0) is 0 Å². The molecule has 0 aliphatic heterocycles. The Morgan fingerprint density at radius 3 is 2.35 bits per heavy atom. The fraction of sp³-hybridized carbons (Fsp3) is 0.192. The Balaban J connectivity index is 1.74. The van der Waals surface area contributed by atoms with E-state index in [1.165, 1.54) is 5.56 Å². The molecule has 0 heterocycles. The fourth-order valence-electron chi connectivity index (χ4n) is 2.98. The highest BCUT2D eigenvalue weighted by Crippen LogP contribution is 2.38. The van der Waals surface area contributed by atoms with E-state index >= 15 is 0 Å². The summed E-state index contributed by atoms with van der Waals surface area (Å²) in [7, 11) is 0. The van der Waals surface area contributed by atoms with Gasteiger partial charge in [-0.25, -0.2) is 0 Å². The molecule has 0 radical (unpaired) electrons. The number of hydrogen-bond donors (Lipinski definition) is 0. The van der Waals surface area contributed by atoms with Crippen molar-refractivity contribution in [3.63, 3.8) is 0 Å². The van der Waals surface area contributed by atoms with Crippen LogP contribution in [0.3, 0.4) is 0 Å². The molecular formula is C26H24BrNO3. The number of benzene rings is 3. The first-order valence-corrected chi connectivity index (χ1v) is 10.9. The molecule has 0 bridgehead atoms. The third-order valence-corrected chi connectivity index (χ3v) is 5.06. The van der Waals surface area contributed by atoms with Crippen molar-refractivity contribution in [3.05, 3.63) is 87.9 Å². The predicted molar refractivity (Wildman–Crippen MR) is 127 cm³/mol. The lowest BCUT2D eigenvalue weighted by Crippen LogP contribution is -2.10. The average Bonchev–Trinajstić information content (AvgIpc) is 2.78. The molecule has 3 rings (SSSR count). The summed E-state index contributed by atoms with van der Waals surface area (Å²) >= 11 is 3.58. The van der Waals surface area contributed by atoms with Crippen molar-refractivity contribution in [3.8, 4) is 23.3 Å². The van der Waals surface area contributed by atoms with E-state index in [4.69, 9.17) is 14.2 Å². The second kappa shape index (κ2) is 11.2. The van der Waals surface area contributed by atoms with E-state index in [0.29, 0.717) is 36.9 Å². The van der Waals surface area contributed by atoms with E-state index in [2.05, 4.69) is 22.0 Å². The maximum absolute atomic E-state index is 9.59. The van der Waals surface area contributed by atoms with Gasteiger partial charge in [0.2, 0.25) is 0 Å². The van der Waals surface area contributed by atoms with Crippen LogP contribution in [0, 0.1) is 18.3 Å². The Morgan fingerprint density at radius 1 is 0.968 bits per heavy atom. The van der Waals surface area contributed by atoms with Gasteiger partial charge in [0.05, 0.1) is 22.7 Å². The minimum Gasteiger partial charge on any atom is -0.490 e. The van der Waals surface area contributed by atoms with Gasteiger partial charge in [-0.2, -0.15) is 5.26 Å². The van der Waals surface area contributed by atoms with Crippen LogP contribution >= 0.6 is 15.9 Å². The summed E-state index contributed by atoms with van der Waals surface area (Å²) in [5.74, 6) is 2.04. The van der Waals surface area contributed by atoms with Crippen LogP contribution in [0.1, 0.15) is 23.6 Å². The highest BCUT2D eigenvalue weighted by Gasteiger charge is 2.13. The second-order valence-electron chi connectivity index (χ2n) is 6.81. The van der Waals surface area contributed by atoms with Crippen molar-refractivity contribution in [2.45, 2.75) is 13.8 Å². The SMILES string of the molecule is CCOc1cc(/C=C(/C#N)c2ccccc2)cc(Br)c1OCCOc1ccc(C)cc1. The molecular weight excluding hydrogens is 454 g/mol. The number of nitrogens with zero attached hydrogens (tertiary/aromatic N) is 1. The topological polar surface area (TPSA) is 51.5 Å². The number of aryl methyl sites for hydroxylation is 1. The van der Waals surface area contributed by atoms with E-state index in [1.807, 2.05) is 86.7 Å². The molecule has 3 aromatic carbocycles. The lowest BCUT2D eigenvalue weighted by Gasteiger charge is -2.15. The zero-order chi connectivity index (χ0) is 22.1. The van der Waals surface area contributed by atoms with Crippen molar-refractivity contribution < 1.29 is 14.2 Å². The molecule has 5 heteroatoms. The smallest absolute Gasteiger partial charge is 0.175 e. The lowest BCUT2D eigenvalue weighted by atomic mass is 10.0. The van der Waals surface area contributed by atoms with Gasteiger partial charge in [0.1, 0.15) is 19.0 Å². The van der Waals surface area contributed by atoms with Crippen molar-refractivity contribution >= 4 is 27.6 Å². The molecule has 0 aromatic heterocycles. The standard InChI is InChI=1S/C26H24BrNO3/c1-3-29-25-17-20(15-22(18-28)21-7-5-4-6-8-21)16-24(27)26(25)31-14-13-30-23-11-9-19(2)10-12-23/h4-12,15-17H,3,13-14H2,1-2H3/b22-15-. The summed E-state index contributed by atoms with van der Waals surface area (Å²) < 4.78 is 18.2. The van der Waals surface area contributed by atoms with Crippen molar-refractivity contribution in [1.82, 2.24) is 0 Å². The summed E-state index contributed by atoms with van der Waals surface area (Å²) in [5, 5.41) is 9.59. The van der Waals surface area contributed by atoms with Gasteiger partial charge in [-0.15, -0.1) is 0 Å². The molecule has 0 saturated carbocycles. The molecule has 0 aliphatic rings. The molecule has 4 nitrogen and oxygen atoms in total. The zero-order valence-corrected chi connectivity index (χ0v) is 19.2. The maximum Gasteiger partial charge on any atom is 0.175 e. The van der Waals surface area contributed by atoms with Crippen LogP contribution in [-0.4, -0.2) is 19.8 Å². The maximum atomic E-state index is 9.59. The van der Waals surface area contributed by atoms with Gasteiger partial charge in [-0.3, -0.25) is 0 Å². The highest BCUT2D eigenvalue weighted by molar-refractivity contribution is 9.10. The van der Waals surface area contributed by atoms with Crippen molar-refractivity contribution in [2.75, 3.05) is 19.8 Å². The predicted octanol–water partition coefficient (Wildman–Crippen LogP) is 6.68. The van der Waals surface area contributed by atoms with Crippen LogP contribution in [0.4, 0.5) is 0 Å². The molecule has 0 spiro atoms. The summed E-state index contributed by atoms with van der Waals surface area (Å²) in [4.78, 5) is 0. The molecule has 0 N–H and O–H groups in total. The number of ether oxygens (including phenoxy) is 3. The zero-order valence-electron chi connectivity index (χ0n) is 17.6. The highest BCUT2D eigenvalue weighted by atomic mass is 79.9. The van der Waals surface area contributed by atoms with Crippen molar-refractivity contribution in [1.29, 1.82) is 5.26 Å². The molecule has 0 amide bonds. The van der Waals surface area contributed by atoms with Crippen LogP contribution in [0.25, 0.3) is 11.6 Å². The molecule has 0 saturated heterocycles. The number of halogens is 1. The third kappa shape index (κ3) is 6.37. The van der Waals surface area contributed by atoms with Gasteiger partial charge >= 0.3 is 0 Å². The first-order valence-electron chi connectivity index (χ1n) is 10.1. The summed E-state index contributed by atoms with van der Waals surface area (Å²) in [6, 6.07) is 23.6. The Bertz CT molecular complexity index is 1070. The van der Waals surface area contributed by atoms with Gasteiger partial charge in [0, 0.05) is 0 Å². The Morgan fingerprint density at radius 2 is 1.68 bits per heavy atom. The van der Waals surface area contributed by atoms with E-state index in [9.17, 15) is 5.26 Å². The first kappa shape index (κ1) is 22.5. The molecule has 0 atom stereocenters. The van der Waals surface area contributed by atoms with Crippen LogP contribution in [0.15, 0.2) is 71.2 Å². The van der Waals surface area contributed by atoms with Gasteiger partial charge in [-0.05, 0) is 71.2 Å². The van der Waals surface area contributed by atoms with E-state index in [1.54, 1.807) is 0 Å². The Labute approximate surface area is 191 Å². The van der Waals surface area contributed by atoms with Crippen LogP contribution in [0.2, 0.25) is 0 Å². The van der Waals surface area contributed by atoms with Gasteiger partial charge in [0.15, 0.2) is 11.5 Å². The first-order chi connectivity index (χ1) is 15.1. The quantitative estimate of drug-likeness (QED) is 0.196. The van der Waals surface area contributed by atoms with E-state index < -0.39 is 0 Å². The Kier molecular flexibility index (Phi) is 8.14. The molecule has 158 valence electrons. The number of hydrogen-bond acceptors (Lipinski definition) is 4. The number of rotatable bonds is 9. The van der Waals surface area contributed by atoms with Gasteiger partial charge in [-0.1, -0.05) is 48.0 Å². The fourth-order valence-corrected chi connectivity index (χ4v) is 3.55. The number of allylic oxidation sites excluding steroid dienone is 1. The second-order valence-corrected chi connectivity index (χ2v) is 7.66. The van der Waals surface area contributed by atoms with Crippen molar-refractivity contribution in [2.24, 2.45) is 0 Å². The van der Waals surface area contributed by atoms with Gasteiger partial charge < -0.3 is 14.2 Å². The van der Waals surface area contributed by atoms with E-state index in [0.717, 1.165) is 21.3 Å². The largest absolute Gasteiger partial charge is 0.490 e. The third-order valence-electron chi connectivity index (χ3n) is 4.47. The summed E-state index contributed by atoms with van der Waals surface area (Å²) in [5.41, 5.74) is 3.48. The monoisotopic (exact) mass is 477 g/mol. The van der Waals surface area contributed by atoms with E-state index in [-0.39, 0.29) is 0 Å². The number of nitriles is 1. The summed E-state index contributed by atoms with van der Waals surface area (Å²) in [6.07, 6.45) is 1.84. The molecule has 0 unspecified atom stereocenters. The molecule has 0 aliphatic carbocycles. The van der Waals surface area contributed by atoms with Crippen LogP contribution < -0.4 is 14.2 Å². The minimum atomic E-state index is 0.370. The summed E-state index contributed by atoms with van der Waals surface area (Å²) in [6.45, 7) is 5.24. The average molecular weight is 478 g/mol. The van der Waals surface area contributed by atoms with Gasteiger partial charge in [0.25, 0.3) is 0 Å². The molecule has 31 heavy (non-hydrogen) atoms. The van der Waals surface area contributed by atoms with Crippen LogP contribution in [0.5, 0.6) is 17.2 Å².